The number of benzene rings is 1. The van der Waals surface area contributed by atoms with E-state index in [4.69, 9.17) is 18.3 Å². The van der Waals surface area contributed by atoms with Crippen molar-refractivity contribution in [2.75, 3.05) is 13.2 Å². The molecule has 0 saturated carbocycles. The van der Waals surface area contributed by atoms with Crippen LogP contribution in [0.1, 0.15) is 51.9 Å². The second kappa shape index (κ2) is 11.3. The number of halogens is 3. The first-order chi connectivity index (χ1) is 15.7. The molecule has 34 heavy (non-hydrogen) atoms. The third kappa shape index (κ3) is 8.73. The number of nitrogens with zero attached hydrogens (tertiary/aromatic N) is 2. The van der Waals surface area contributed by atoms with Crippen LogP contribution in [0.4, 0.5) is 13.2 Å². The molecule has 0 fully saturated rings. The van der Waals surface area contributed by atoms with Crippen molar-refractivity contribution in [3.8, 4) is 5.75 Å². The zero-order chi connectivity index (χ0) is 25.6. The molecule has 0 amide bonds. The van der Waals surface area contributed by atoms with Gasteiger partial charge in [0.25, 0.3) is 0 Å². The number of hydrogen-bond acceptors (Lipinski definition) is 9. The molecule has 0 aliphatic heterocycles. The first-order valence-corrected chi connectivity index (χ1v) is 12.1. The first kappa shape index (κ1) is 27.8. The Bertz CT molecular complexity index is 977. The Morgan fingerprint density at radius 3 is 2.18 bits per heavy atom. The molecule has 0 saturated heterocycles. The fraction of sp³-hybridized carbons (Fsp3) is 0.571. The minimum Gasteiger partial charge on any atom is -0.459 e. The standard InChI is InChI=1S/C21H28F3N2O7P/c1-6-29-34(28,30-7-2)16(19(27)32-20(3,4)5)13-18-25-17(26-33-18)12-14-8-10-15(11-9-14)31-21(22,23)24/h8-11,16H,6-7,12-13H2,1-5H3. The van der Waals surface area contributed by atoms with Gasteiger partial charge in [-0.2, -0.15) is 4.98 Å². The molecule has 0 bridgehead atoms. The van der Waals surface area contributed by atoms with Gasteiger partial charge in [0.15, 0.2) is 11.5 Å². The monoisotopic (exact) mass is 508 g/mol. The second-order valence-electron chi connectivity index (χ2n) is 8.10. The highest BCUT2D eigenvalue weighted by molar-refractivity contribution is 7.55. The fourth-order valence-electron chi connectivity index (χ4n) is 2.87. The van der Waals surface area contributed by atoms with Crippen LogP contribution in [0, 0.1) is 0 Å². The van der Waals surface area contributed by atoms with Gasteiger partial charge in [-0.25, -0.2) is 0 Å². The van der Waals surface area contributed by atoms with Crippen molar-refractivity contribution in [3.63, 3.8) is 0 Å². The number of carbonyl (C=O) groups is 1. The molecule has 1 aromatic heterocycles. The molecule has 9 nitrogen and oxygen atoms in total. The van der Waals surface area contributed by atoms with Gasteiger partial charge >= 0.3 is 19.9 Å². The van der Waals surface area contributed by atoms with Crippen LogP contribution in [0.25, 0.3) is 0 Å². The number of hydrogen-bond donors (Lipinski definition) is 0. The van der Waals surface area contributed by atoms with Crippen LogP contribution in [0.5, 0.6) is 5.75 Å². The minimum atomic E-state index is -4.78. The van der Waals surface area contributed by atoms with E-state index >= 15 is 0 Å². The van der Waals surface area contributed by atoms with Gasteiger partial charge in [0.1, 0.15) is 11.4 Å². The summed E-state index contributed by atoms with van der Waals surface area (Å²) in [4.78, 5) is 17.1. The molecule has 1 atom stereocenters. The number of aromatic nitrogens is 2. The molecular formula is C21H28F3N2O7P. The molecule has 0 aliphatic rings. The predicted octanol–water partition coefficient (Wildman–Crippen LogP) is 5.08. The Morgan fingerprint density at radius 2 is 1.68 bits per heavy atom. The fourth-order valence-corrected chi connectivity index (χ4v) is 4.72. The lowest BCUT2D eigenvalue weighted by molar-refractivity contribution is -0.274. The Labute approximate surface area is 195 Å². The van der Waals surface area contributed by atoms with Gasteiger partial charge in [-0.3, -0.25) is 9.36 Å². The lowest BCUT2D eigenvalue weighted by atomic mass is 10.1. The van der Waals surface area contributed by atoms with E-state index in [9.17, 15) is 22.5 Å². The summed E-state index contributed by atoms with van der Waals surface area (Å²) in [6, 6.07) is 5.20. The maximum Gasteiger partial charge on any atom is 0.573 e. The molecule has 0 spiro atoms. The molecule has 0 radical (unpaired) electrons. The summed E-state index contributed by atoms with van der Waals surface area (Å²) in [5.74, 6) is -0.932. The van der Waals surface area contributed by atoms with E-state index in [2.05, 4.69) is 14.9 Å². The summed E-state index contributed by atoms with van der Waals surface area (Å²) in [6.45, 7) is 8.33. The van der Waals surface area contributed by atoms with Crippen LogP contribution in [-0.4, -0.2) is 46.9 Å². The zero-order valence-electron chi connectivity index (χ0n) is 19.5. The van der Waals surface area contributed by atoms with Crippen molar-refractivity contribution >= 4 is 13.6 Å². The quantitative estimate of drug-likeness (QED) is 0.303. The van der Waals surface area contributed by atoms with Crippen molar-refractivity contribution in [1.82, 2.24) is 10.1 Å². The summed E-state index contributed by atoms with van der Waals surface area (Å²) in [6.07, 6.45) is -4.89. The molecule has 13 heteroatoms. The molecule has 0 aliphatic carbocycles. The van der Waals surface area contributed by atoms with Gasteiger partial charge in [-0.15, -0.1) is 13.2 Å². The van der Waals surface area contributed by atoms with Crippen LogP contribution in [0.3, 0.4) is 0 Å². The average Bonchev–Trinajstić information content (AvgIpc) is 3.12. The first-order valence-electron chi connectivity index (χ1n) is 10.5. The number of alkyl halides is 3. The normalized spacial score (nSPS) is 13.5. The van der Waals surface area contributed by atoms with Gasteiger partial charge in [-0.1, -0.05) is 17.3 Å². The summed E-state index contributed by atoms with van der Waals surface area (Å²) >= 11 is 0. The molecular weight excluding hydrogens is 480 g/mol. The lowest BCUT2D eigenvalue weighted by Gasteiger charge is -2.27. The highest BCUT2D eigenvalue weighted by Crippen LogP contribution is 2.54. The van der Waals surface area contributed by atoms with Crippen LogP contribution < -0.4 is 4.74 Å². The molecule has 1 aromatic carbocycles. The molecule has 1 heterocycles. The summed E-state index contributed by atoms with van der Waals surface area (Å²) in [5, 5.41) is 3.83. The highest BCUT2D eigenvalue weighted by atomic mass is 31.2. The SMILES string of the molecule is CCOP(=O)(OCC)C(Cc1nc(Cc2ccc(OC(F)(F)F)cc2)no1)C(=O)OC(C)(C)C. The lowest BCUT2D eigenvalue weighted by Crippen LogP contribution is -2.34. The van der Waals surface area contributed by atoms with Gasteiger partial charge in [0.2, 0.25) is 5.89 Å². The average molecular weight is 508 g/mol. The summed E-state index contributed by atoms with van der Waals surface area (Å²) < 4.78 is 75.4. The van der Waals surface area contributed by atoms with E-state index in [1.54, 1.807) is 34.6 Å². The van der Waals surface area contributed by atoms with E-state index in [1.165, 1.54) is 24.3 Å². The largest absolute Gasteiger partial charge is 0.573 e. The zero-order valence-corrected chi connectivity index (χ0v) is 20.4. The van der Waals surface area contributed by atoms with E-state index in [-0.39, 0.29) is 43.5 Å². The third-order valence-corrected chi connectivity index (χ3v) is 6.47. The van der Waals surface area contributed by atoms with Crippen molar-refractivity contribution in [2.24, 2.45) is 0 Å². The van der Waals surface area contributed by atoms with Crippen LogP contribution in [0.2, 0.25) is 0 Å². The van der Waals surface area contributed by atoms with Crippen molar-refractivity contribution in [2.45, 2.75) is 65.1 Å². The maximum atomic E-state index is 13.3. The Kier molecular flexibility index (Phi) is 9.27. The molecule has 190 valence electrons. The van der Waals surface area contributed by atoms with Gasteiger partial charge in [0.05, 0.1) is 19.6 Å². The van der Waals surface area contributed by atoms with Crippen LogP contribution >= 0.6 is 7.60 Å². The van der Waals surface area contributed by atoms with Crippen molar-refractivity contribution in [1.29, 1.82) is 0 Å². The number of ether oxygens (including phenoxy) is 2. The second-order valence-corrected chi connectivity index (χ2v) is 10.3. The molecule has 2 rings (SSSR count). The van der Waals surface area contributed by atoms with E-state index in [0.717, 1.165) is 0 Å². The molecule has 2 aromatic rings. The van der Waals surface area contributed by atoms with E-state index in [1.807, 2.05) is 0 Å². The van der Waals surface area contributed by atoms with Crippen LogP contribution in [-0.2, 0) is 36.0 Å². The predicted molar refractivity (Wildman–Crippen MR) is 114 cm³/mol. The van der Waals surface area contributed by atoms with Gasteiger partial charge in [-0.05, 0) is 52.3 Å². The van der Waals surface area contributed by atoms with Gasteiger partial charge in [0, 0.05) is 6.42 Å². The Hall–Kier alpha value is -2.43. The van der Waals surface area contributed by atoms with E-state index in [0.29, 0.717) is 5.56 Å². The Balaban J connectivity index is 2.19. The molecule has 0 N–H and O–H groups in total. The maximum absolute atomic E-state index is 13.3. The third-order valence-electron chi connectivity index (χ3n) is 4.08. The topological polar surface area (TPSA) is 110 Å². The number of carbonyl (C=O) groups excluding carboxylic acids is 1. The van der Waals surface area contributed by atoms with E-state index < -0.39 is 31.2 Å². The Morgan fingerprint density at radius 1 is 1.09 bits per heavy atom. The number of rotatable bonds is 11. The molecule has 1 unspecified atom stereocenters. The minimum absolute atomic E-state index is 0.00233. The highest BCUT2D eigenvalue weighted by Gasteiger charge is 2.44. The summed E-state index contributed by atoms with van der Waals surface area (Å²) in [5.41, 5.74) is -1.58. The summed E-state index contributed by atoms with van der Waals surface area (Å²) in [7, 11) is -3.93. The number of esters is 1. The van der Waals surface area contributed by atoms with Crippen molar-refractivity contribution in [3.05, 3.63) is 41.5 Å². The smallest absolute Gasteiger partial charge is 0.459 e. The van der Waals surface area contributed by atoms with Crippen molar-refractivity contribution < 1.29 is 45.6 Å². The van der Waals surface area contributed by atoms with Crippen LogP contribution in [0.15, 0.2) is 28.8 Å². The van der Waals surface area contributed by atoms with Gasteiger partial charge < -0.3 is 23.0 Å².